The molecule has 0 heterocycles. The van der Waals surface area contributed by atoms with Crippen molar-refractivity contribution in [2.75, 3.05) is 14.2 Å². The molecular weight excluding hydrogens is 404 g/mol. The largest absolute Gasteiger partial charge is 0.500 e. The van der Waals surface area contributed by atoms with E-state index < -0.39 is 22.2 Å². The fourth-order valence-electron chi connectivity index (χ4n) is 9.14. The van der Waals surface area contributed by atoms with Crippen molar-refractivity contribution in [2.24, 2.45) is 38.9 Å². The molecule has 0 saturated heterocycles. The fraction of sp³-hybridized carbons (Fsp3) is 0.778. The summed E-state index contributed by atoms with van der Waals surface area (Å²) in [5.41, 5.74) is -1.87. The lowest BCUT2D eigenvalue weighted by Gasteiger charge is -2.71. The summed E-state index contributed by atoms with van der Waals surface area (Å²) in [4.78, 5) is 27.8. The third-order valence-electron chi connectivity index (χ3n) is 10.8. The van der Waals surface area contributed by atoms with Crippen LogP contribution in [0.4, 0.5) is 0 Å². The van der Waals surface area contributed by atoms with Crippen molar-refractivity contribution in [3.63, 3.8) is 0 Å². The number of carbonyl (C=O) groups is 2. The van der Waals surface area contributed by atoms with Gasteiger partial charge >= 0.3 is 5.97 Å². The molecule has 1 N–H and O–H groups in total. The van der Waals surface area contributed by atoms with Crippen molar-refractivity contribution in [1.82, 2.24) is 0 Å². The van der Waals surface area contributed by atoms with Crippen LogP contribution in [-0.2, 0) is 19.1 Å². The van der Waals surface area contributed by atoms with E-state index in [2.05, 4.69) is 41.2 Å². The van der Waals surface area contributed by atoms with E-state index in [0.717, 1.165) is 32.1 Å². The summed E-state index contributed by atoms with van der Waals surface area (Å²) < 4.78 is 11.2. The quantitative estimate of drug-likeness (QED) is 0.375. The zero-order valence-electron chi connectivity index (χ0n) is 21.1. The summed E-state index contributed by atoms with van der Waals surface area (Å²) in [6.45, 7) is 17.1. The summed E-state index contributed by atoms with van der Waals surface area (Å²) >= 11 is 0. The number of Topliss-reactive ketones (excluding diaryl/α,β-unsaturated/α-hetero) is 1. The highest BCUT2D eigenvalue weighted by Gasteiger charge is 2.77. The van der Waals surface area contributed by atoms with Gasteiger partial charge in [-0.2, -0.15) is 0 Å². The molecule has 0 aromatic carbocycles. The van der Waals surface area contributed by atoms with E-state index in [1.165, 1.54) is 7.11 Å². The summed E-state index contributed by atoms with van der Waals surface area (Å²) in [5, 5.41) is 10.9. The maximum atomic E-state index is 14.1. The molecule has 0 unspecified atom stereocenters. The molecule has 7 atom stereocenters. The molecule has 4 rings (SSSR count). The molecule has 5 nitrogen and oxygen atoms in total. The van der Waals surface area contributed by atoms with Crippen molar-refractivity contribution in [3.8, 4) is 0 Å². The number of fused-ring (bicyclic) bond motifs is 6. The second-order valence-corrected chi connectivity index (χ2v) is 12.2. The van der Waals surface area contributed by atoms with E-state index in [1.807, 2.05) is 0 Å². The summed E-state index contributed by atoms with van der Waals surface area (Å²) in [6.07, 6.45) is 3.63. The van der Waals surface area contributed by atoms with E-state index in [4.69, 9.17) is 9.47 Å². The van der Waals surface area contributed by atoms with E-state index >= 15 is 0 Å². The standard InChI is InChI=1S/C27H40O5/c1-15-20(29)27(22(30)32-9)16(2)25(6,21(15)31-8)14-18-24(5)12-11-19(28)23(3,4)17(24)10-13-26(18,27)7/h17-19,28H,2,10-14H2,1,3-9H3/t17-,18+,19-,24-,25-,26+,27+/m1/s1. The minimum atomic E-state index is -1.42. The summed E-state index contributed by atoms with van der Waals surface area (Å²) in [6, 6.07) is 0. The normalized spacial score (nSPS) is 47.5. The van der Waals surface area contributed by atoms with Crippen molar-refractivity contribution < 1.29 is 24.2 Å². The van der Waals surface area contributed by atoms with Gasteiger partial charge in [0.25, 0.3) is 0 Å². The zero-order valence-corrected chi connectivity index (χ0v) is 21.1. The van der Waals surface area contributed by atoms with E-state index in [1.54, 1.807) is 14.0 Å². The molecule has 5 heteroatoms. The van der Waals surface area contributed by atoms with Gasteiger partial charge in [0.05, 0.1) is 20.3 Å². The minimum absolute atomic E-state index is 0.0809. The average molecular weight is 445 g/mol. The first-order valence-electron chi connectivity index (χ1n) is 12.0. The predicted molar refractivity (Wildman–Crippen MR) is 122 cm³/mol. The second kappa shape index (κ2) is 6.71. The van der Waals surface area contributed by atoms with Crippen LogP contribution in [0.25, 0.3) is 0 Å². The van der Waals surface area contributed by atoms with Crippen LogP contribution < -0.4 is 0 Å². The molecule has 0 aromatic heterocycles. The SMILES string of the molecule is C=C1[C@@]2(C)C[C@H]3[C@]4(C)CC[C@@H](O)C(C)(C)[C@H]4CC[C@]3(C)[C@]1(C(=O)OC)C(=O)C(C)=C2OC. The first-order valence-corrected chi connectivity index (χ1v) is 12.0. The number of methoxy groups -OCH3 is 2. The van der Waals surface area contributed by atoms with E-state index in [-0.39, 0.29) is 28.6 Å². The molecule has 3 fully saturated rings. The van der Waals surface area contributed by atoms with E-state index in [9.17, 15) is 14.7 Å². The molecule has 4 aliphatic rings. The molecule has 0 amide bonds. The Kier molecular flexibility index (Phi) is 4.94. The number of aliphatic hydroxyl groups is 1. The second-order valence-electron chi connectivity index (χ2n) is 12.2. The van der Waals surface area contributed by atoms with Gasteiger partial charge in [0.15, 0.2) is 11.2 Å². The Morgan fingerprint density at radius 1 is 1.06 bits per heavy atom. The van der Waals surface area contributed by atoms with Gasteiger partial charge in [-0.3, -0.25) is 9.59 Å². The van der Waals surface area contributed by atoms with Crippen molar-refractivity contribution in [2.45, 2.75) is 79.8 Å². The maximum Gasteiger partial charge on any atom is 0.324 e. The third kappa shape index (κ3) is 2.29. The highest BCUT2D eigenvalue weighted by molar-refractivity contribution is 6.17. The molecule has 0 aromatic rings. The number of ketones is 1. The molecule has 0 spiro atoms. The van der Waals surface area contributed by atoms with E-state index in [0.29, 0.717) is 22.8 Å². The highest BCUT2D eigenvalue weighted by Crippen LogP contribution is 2.77. The Hall–Kier alpha value is -1.62. The zero-order chi connectivity index (χ0) is 24.1. The van der Waals surface area contributed by atoms with Gasteiger partial charge in [-0.25, -0.2) is 0 Å². The lowest BCUT2D eigenvalue weighted by molar-refractivity contribution is -0.221. The van der Waals surface area contributed by atoms with Crippen LogP contribution in [0.5, 0.6) is 0 Å². The Morgan fingerprint density at radius 2 is 1.69 bits per heavy atom. The van der Waals surface area contributed by atoms with Crippen LogP contribution in [0.15, 0.2) is 23.5 Å². The number of hydrogen-bond acceptors (Lipinski definition) is 5. The van der Waals surface area contributed by atoms with Gasteiger partial charge < -0.3 is 14.6 Å². The van der Waals surface area contributed by atoms with Gasteiger partial charge in [-0.05, 0) is 79.6 Å². The van der Waals surface area contributed by atoms with Gasteiger partial charge in [0.2, 0.25) is 0 Å². The van der Waals surface area contributed by atoms with Gasteiger partial charge in [-0.15, -0.1) is 0 Å². The van der Waals surface area contributed by atoms with Crippen LogP contribution in [-0.4, -0.2) is 37.2 Å². The number of hydrogen-bond donors (Lipinski definition) is 1. The topological polar surface area (TPSA) is 72.8 Å². The number of ether oxygens (including phenoxy) is 2. The Morgan fingerprint density at radius 3 is 2.25 bits per heavy atom. The first kappa shape index (κ1) is 23.5. The van der Waals surface area contributed by atoms with Crippen LogP contribution in [0, 0.1) is 38.9 Å². The van der Waals surface area contributed by atoms with Gasteiger partial charge in [0, 0.05) is 11.0 Å². The average Bonchev–Trinajstić information content (AvgIpc) is 2.72. The molecule has 2 bridgehead atoms. The maximum absolute atomic E-state index is 14.1. The van der Waals surface area contributed by atoms with Crippen LogP contribution in [0.2, 0.25) is 0 Å². The molecule has 3 saturated carbocycles. The Labute approximate surface area is 192 Å². The van der Waals surface area contributed by atoms with Crippen molar-refractivity contribution in [1.29, 1.82) is 0 Å². The Balaban J connectivity index is 2.03. The molecule has 0 radical (unpaired) electrons. The minimum Gasteiger partial charge on any atom is -0.500 e. The lowest BCUT2D eigenvalue weighted by Crippen LogP contribution is -2.71. The molecule has 178 valence electrons. The lowest BCUT2D eigenvalue weighted by atomic mass is 9.31. The number of allylic oxidation sites excluding steroid dienone is 2. The van der Waals surface area contributed by atoms with Crippen LogP contribution >= 0.6 is 0 Å². The summed E-state index contributed by atoms with van der Waals surface area (Å²) in [7, 11) is 2.98. The van der Waals surface area contributed by atoms with Gasteiger partial charge in [-0.1, -0.05) is 34.3 Å². The fourth-order valence-corrected chi connectivity index (χ4v) is 9.14. The smallest absolute Gasteiger partial charge is 0.324 e. The number of rotatable bonds is 2. The predicted octanol–water partition coefficient (Wildman–Crippen LogP) is 4.83. The van der Waals surface area contributed by atoms with Crippen LogP contribution in [0.3, 0.4) is 0 Å². The number of aliphatic hydroxyl groups excluding tert-OH is 1. The number of esters is 1. The number of carbonyl (C=O) groups excluding carboxylic acids is 2. The molecule has 0 aliphatic heterocycles. The molecule has 4 aliphatic carbocycles. The van der Waals surface area contributed by atoms with Crippen LogP contribution in [0.1, 0.15) is 73.6 Å². The first-order chi connectivity index (χ1) is 14.7. The molecular formula is C27H40O5. The summed E-state index contributed by atoms with van der Waals surface area (Å²) in [5.74, 6) is 0.311. The van der Waals surface area contributed by atoms with Gasteiger partial charge in [0.1, 0.15) is 5.76 Å². The highest BCUT2D eigenvalue weighted by atomic mass is 16.5. The third-order valence-corrected chi connectivity index (χ3v) is 10.8. The molecule has 32 heavy (non-hydrogen) atoms. The monoisotopic (exact) mass is 444 g/mol. The van der Waals surface area contributed by atoms with Crippen molar-refractivity contribution >= 4 is 11.8 Å². The Bertz CT molecular complexity index is 930. The van der Waals surface area contributed by atoms with Crippen molar-refractivity contribution in [3.05, 3.63) is 23.5 Å².